The van der Waals surface area contributed by atoms with E-state index in [1.807, 2.05) is 5.43 Å². The van der Waals surface area contributed by atoms with Crippen LogP contribution in [-0.4, -0.2) is 15.5 Å². The fourth-order valence-electron chi connectivity index (χ4n) is 1.75. The summed E-state index contributed by atoms with van der Waals surface area (Å²) in [7, 11) is 0. The fourth-order valence-corrected chi connectivity index (χ4v) is 2.08. The molecule has 0 spiro atoms. The zero-order valence-electron chi connectivity index (χ0n) is 10.9. The highest BCUT2D eigenvalue weighted by Gasteiger charge is 2.15. The first-order valence-corrected chi connectivity index (χ1v) is 6.55. The summed E-state index contributed by atoms with van der Waals surface area (Å²) in [5.41, 5.74) is 2.79. The zero-order valence-corrected chi connectivity index (χ0v) is 12.5. The van der Waals surface area contributed by atoms with Gasteiger partial charge >= 0.3 is 0 Å². The molecule has 2 rings (SSSR count). The normalized spacial score (nSPS) is 10.6. The number of carbonyl (C=O) groups is 1. The summed E-state index contributed by atoms with van der Waals surface area (Å²) in [6.07, 6.45) is 1.43. The van der Waals surface area contributed by atoms with Crippen molar-refractivity contribution in [3.05, 3.63) is 50.0 Å². The van der Waals surface area contributed by atoms with Crippen molar-refractivity contribution in [2.45, 2.75) is 20.4 Å². The van der Waals surface area contributed by atoms with Crippen LogP contribution in [0.5, 0.6) is 0 Å². The number of hydrogen-bond acceptors (Lipinski definition) is 5. The number of nitrogens with two attached hydrogens (primary N) is 1. The average Bonchev–Trinajstić information content (AvgIpc) is 2.79. The van der Waals surface area contributed by atoms with Gasteiger partial charge in [-0.2, -0.15) is 0 Å². The molecular weight excluding hydrogens is 328 g/mol. The Labute approximate surface area is 122 Å². The van der Waals surface area contributed by atoms with E-state index in [1.165, 1.54) is 10.9 Å². The van der Waals surface area contributed by atoms with E-state index in [0.29, 0.717) is 27.3 Å². The Morgan fingerprint density at radius 1 is 1.55 bits per heavy atom. The van der Waals surface area contributed by atoms with Crippen LogP contribution in [-0.2, 0) is 6.54 Å². The summed E-state index contributed by atoms with van der Waals surface area (Å²) >= 11 is 3.19. The van der Waals surface area contributed by atoms with Crippen molar-refractivity contribution in [3.8, 4) is 0 Å². The Kier molecular flexibility index (Phi) is 4.05. The number of nitrogens with zero attached hydrogens (tertiary/aromatic N) is 2. The number of furan rings is 1. The molecule has 0 aliphatic carbocycles. The van der Waals surface area contributed by atoms with Crippen molar-refractivity contribution in [3.63, 3.8) is 0 Å². The highest BCUT2D eigenvalue weighted by atomic mass is 79.9. The van der Waals surface area contributed by atoms with Gasteiger partial charge in [-0.25, -0.2) is 10.8 Å². The van der Waals surface area contributed by atoms with Gasteiger partial charge in [0, 0.05) is 0 Å². The molecule has 0 aromatic carbocycles. The second-order valence-corrected chi connectivity index (χ2v) is 5.03. The van der Waals surface area contributed by atoms with Crippen molar-refractivity contribution in [1.29, 1.82) is 0 Å². The summed E-state index contributed by atoms with van der Waals surface area (Å²) in [5, 5.41) is 0. The van der Waals surface area contributed by atoms with Crippen molar-refractivity contribution >= 4 is 21.8 Å². The number of carbonyl (C=O) groups excluding carboxylic acids is 1. The maximum Gasteiger partial charge on any atom is 0.268 e. The molecule has 0 saturated carbocycles. The van der Waals surface area contributed by atoms with Gasteiger partial charge in [-0.1, -0.05) is 0 Å². The van der Waals surface area contributed by atoms with Crippen molar-refractivity contribution in [2.75, 3.05) is 0 Å². The van der Waals surface area contributed by atoms with Gasteiger partial charge in [0.2, 0.25) is 0 Å². The van der Waals surface area contributed by atoms with Crippen LogP contribution in [0.4, 0.5) is 0 Å². The minimum atomic E-state index is -0.437. The van der Waals surface area contributed by atoms with Gasteiger partial charge in [0.15, 0.2) is 0 Å². The molecule has 3 N–H and O–H groups in total. The Morgan fingerprint density at radius 2 is 2.25 bits per heavy atom. The summed E-state index contributed by atoms with van der Waals surface area (Å²) in [5.74, 6) is 5.56. The number of aryl methyl sites for hydroxylation is 2. The van der Waals surface area contributed by atoms with Gasteiger partial charge in [0.1, 0.15) is 16.0 Å². The molecule has 0 radical (unpaired) electrons. The molecule has 0 aliphatic rings. The van der Waals surface area contributed by atoms with Crippen LogP contribution in [0.2, 0.25) is 0 Å². The van der Waals surface area contributed by atoms with E-state index in [2.05, 4.69) is 20.9 Å². The number of hydrogen-bond donors (Lipinski definition) is 2. The molecule has 2 heterocycles. The smallest absolute Gasteiger partial charge is 0.268 e. The number of amides is 1. The number of nitrogens with one attached hydrogen (secondary N) is 1. The molecule has 0 atom stereocenters. The maximum absolute atomic E-state index is 12.0. The molecule has 106 valence electrons. The Bertz CT molecular complexity index is 720. The predicted molar refractivity (Wildman–Crippen MR) is 75.1 cm³/mol. The third-order valence-corrected chi connectivity index (χ3v) is 3.74. The summed E-state index contributed by atoms with van der Waals surface area (Å²) in [4.78, 5) is 27.6. The van der Waals surface area contributed by atoms with Gasteiger partial charge in [-0.05, 0) is 35.8 Å². The molecule has 0 bridgehead atoms. The molecule has 1 amide bonds. The number of halogens is 1. The first kappa shape index (κ1) is 14.5. The monoisotopic (exact) mass is 340 g/mol. The van der Waals surface area contributed by atoms with Crippen LogP contribution in [0.15, 0.2) is 26.1 Å². The number of nitrogen functional groups attached to an aromatic ring is 1. The van der Waals surface area contributed by atoms with E-state index >= 15 is 0 Å². The van der Waals surface area contributed by atoms with Crippen LogP contribution in [0.3, 0.4) is 0 Å². The number of rotatable bonds is 3. The van der Waals surface area contributed by atoms with Gasteiger partial charge in [0.25, 0.3) is 11.5 Å². The van der Waals surface area contributed by atoms with Gasteiger partial charge < -0.3 is 4.42 Å². The minimum Gasteiger partial charge on any atom is -0.464 e. The average molecular weight is 341 g/mol. The van der Waals surface area contributed by atoms with Crippen molar-refractivity contribution in [1.82, 2.24) is 15.0 Å². The second kappa shape index (κ2) is 5.59. The quantitative estimate of drug-likeness (QED) is 0.490. The molecule has 0 aliphatic heterocycles. The number of hydrazine groups is 1. The third-order valence-electron chi connectivity index (χ3n) is 2.83. The third kappa shape index (κ3) is 2.66. The predicted octanol–water partition coefficient (Wildman–Crippen LogP) is 0.867. The molecule has 0 saturated heterocycles. The molecule has 7 nitrogen and oxygen atoms in total. The van der Waals surface area contributed by atoms with Crippen LogP contribution in [0.25, 0.3) is 0 Å². The fraction of sp³-hybridized carbons (Fsp3) is 0.250. The Morgan fingerprint density at radius 3 is 2.90 bits per heavy atom. The van der Waals surface area contributed by atoms with E-state index in [9.17, 15) is 9.59 Å². The summed E-state index contributed by atoms with van der Waals surface area (Å²) < 4.78 is 7.24. The van der Waals surface area contributed by atoms with Crippen LogP contribution in [0.1, 0.15) is 27.6 Å². The van der Waals surface area contributed by atoms with Crippen LogP contribution in [0, 0.1) is 13.8 Å². The van der Waals surface area contributed by atoms with E-state index in [4.69, 9.17) is 10.3 Å². The highest BCUT2D eigenvalue weighted by Crippen LogP contribution is 2.15. The summed E-state index contributed by atoms with van der Waals surface area (Å²) in [6.45, 7) is 3.57. The molecule has 8 heteroatoms. The Hall–Kier alpha value is -1.93. The molecule has 0 fully saturated rings. The van der Waals surface area contributed by atoms with Crippen LogP contribution < -0.4 is 16.8 Å². The van der Waals surface area contributed by atoms with Gasteiger partial charge in [-0.3, -0.25) is 19.6 Å². The standard InChI is InChI=1S/C12H13BrN4O3/c1-6-10(13)12(19)17(5-15-6)4-8-3-9(7(2)20-8)11(18)16-14/h3,5H,4,14H2,1-2H3,(H,16,18). The van der Waals surface area contributed by atoms with Gasteiger partial charge in [-0.15, -0.1) is 0 Å². The van der Waals surface area contributed by atoms with Crippen LogP contribution >= 0.6 is 15.9 Å². The molecule has 0 unspecified atom stereocenters. The second-order valence-electron chi connectivity index (χ2n) is 4.23. The van der Waals surface area contributed by atoms with E-state index < -0.39 is 5.91 Å². The SMILES string of the molecule is Cc1ncn(Cc2cc(C(=O)NN)c(C)o2)c(=O)c1Br. The van der Waals surface area contributed by atoms with E-state index in [0.717, 1.165) is 0 Å². The first-order chi connectivity index (χ1) is 9.43. The lowest BCUT2D eigenvalue weighted by atomic mass is 10.2. The van der Waals surface area contributed by atoms with Gasteiger partial charge in [0.05, 0.1) is 24.1 Å². The minimum absolute atomic E-state index is 0.184. The van der Waals surface area contributed by atoms with Crippen molar-refractivity contribution in [2.24, 2.45) is 5.84 Å². The zero-order chi connectivity index (χ0) is 14.9. The largest absolute Gasteiger partial charge is 0.464 e. The Balaban J connectivity index is 2.34. The number of aromatic nitrogens is 2. The molecule has 2 aromatic rings. The first-order valence-electron chi connectivity index (χ1n) is 5.75. The molecule has 20 heavy (non-hydrogen) atoms. The molecular formula is C12H13BrN4O3. The lowest BCUT2D eigenvalue weighted by molar-refractivity contribution is 0.0952. The lowest BCUT2D eigenvalue weighted by Crippen LogP contribution is -2.30. The summed E-state index contributed by atoms with van der Waals surface area (Å²) in [6, 6.07) is 1.55. The highest BCUT2D eigenvalue weighted by molar-refractivity contribution is 9.10. The van der Waals surface area contributed by atoms with E-state index in [-0.39, 0.29) is 12.1 Å². The topological polar surface area (TPSA) is 103 Å². The van der Waals surface area contributed by atoms with E-state index in [1.54, 1.807) is 19.9 Å². The van der Waals surface area contributed by atoms with Crippen molar-refractivity contribution < 1.29 is 9.21 Å². The maximum atomic E-state index is 12.0. The molecule has 2 aromatic heterocycles. The lowest BCUT2D eigenvalue weighted by Gasteiger charge is -2.04.